The van der Waals surface area contributed by atoms with Gasteiger partial charge in [0, 0.05) is 19.6 Å². The summed E-state index contributed by atoms with van der Waals surface area (Å²) in [7, 11) is -3.43. The Kier molecular flexibility index (Phi) is 8.85. The summed E-state index contributed by atoms with van der Waals surface area (Å²) < 4.78 is 26.2. The third-order valence-corrected chi connectivity index (χ3v) is 6.24. The highest BCUT2D eigenvalue weighted by molar-refractivity contribution is 7.89. The number of nitrogens with zero attached hydrogens (tertiary/aromatic N) is 1. The van der Waals surface area contributed by atoms with Gasteiger partial charge >= 0.3 is 0 Å². The molecule has 142 valence electrons. The van der Waals surface area contributed by atoms with E-state index in [0.29, 0.717) is 26.2 Å². The second kappa shape index (κ2) is 10.1. The Morgan fingerprint density at radius 2 is 1.76 bits per heavy atom. The lowest BCUT2D eigenvalue weighted by atomic mass is 10.2. The van der Waals surface area contributed by atoms with Crippen molar-refractivity contribution in [1.29, 1.82) is 0 Å². The van der Waals surface area contributed by atoms with Gasteiger partial charge in [0.25, 0.3) is 0 Å². The molecule has 0 aromatic heterocycles. The standard InChI is InChI=1S/C17H27N3O3S.ClH/c1-3-20(4-2)24(22,23)16-9-7-15(8-10-16)12-19-17(21)13-18-11-14-5-6-14;/h7-10,14,18H,3-6,11-13H2,1-2H3,(H,19,21);1H. The molecule has 1 fully saturated rings. The van der Waals surface area contributed by atoms with Gasteiger partial charge < -0.3 is 10.6 Å². The van der Waals surface area contributed by atoms with Crippen LogP contribution in [-0.2, 0) is 21.4 Å². The molecule has 1 aliphatic carbocycles. The fraction of sp³-hybridized carbons (Fsp3) is 0.588. The molecule has 0 radical (unpaired) electrons. The van der Waals surface area contributed by atoms with Gasteiger partial charge in [0.15, 0.2) is 0 Å². The molecule has 2 rings (SSSR count). The van der Waals surface area contributed by atoms with Crippen LogP contribution in [0.5, 0.6) is 0 Å². The first kappa shape index (κ1) is 21.9. The van der Waals surface area contributed by atoms with Crippen LogP contribution in [0.15, 0.2) is 29.2 Å². The zero-order chi connectivity index (χ0) is 17.6. The van der Waals surface area contributed by atoms with E-state index < -0.39 is 10.0 Å². The lowest BCUT2D eigenvalue weighted by Gasteiger charge is -2.18. The molecule has 0 saturated heterocycles. The SMILES string of the molecule is CCN(CC)S(=O)(=O)c1ccc(CNC(=O)CNCC2CC2)cc1.Cl. The molecule has 1 aliphatic rings. The van der Waals surface area contributed by atoms with Gasteiger partial charge in [-0.25, -0.2) is 8.42 Å². The zero-order valence-corrected chi connectivity index (χ0v) is 16.5. The molecule has 0 spiro atoms. The fourth-order valence-electron chi connectivity index (χ4n) is 2.47. The summed E-state index contributed by atoms with van der Waals surface area (Å²) in [5, 5.41) is 5.98. The molecular weight excluding hydrogens is 362 g/mol. The quantitative estimate of drug-likeness (QED) is 0.639. The number of carbonyl (C=O) groups excluding carboxylic acids is 1. The summed E-state index contributed by atoms with van der Waals surface area (Å²) in [6, 6.07) is 6.68. The summed E-state index contributed by atoms with van der Waals surface area (Å²) in [5.41, 5.74) is 0.879. The number of hydrogen-bond donors (Lipinski definition) is 2. The molecule has 25 heavy (non-hydrogen) atoms. The molecule has 0 bridgehead atoms. The summed E-state index contributed by atoms with van der Waals surface area (Å²) in [4.78, 5) is 12.0. The van der Waals surface area contributed by atoms with Crippen LogP contribution < -0.4 is 10.6 Å². The Morgan fingerprint density at radius 1 is 1.16 bits per heavy atom. The summed E-state index contributed by atoms with van der Waals surface area (Å²) >= 11 is 0. The number of hydrogen-bond acceptors (Lipinski definition) is 4. The molecule has 0 unspecified atom stereocenters. The maximum atomic E-state index is 12.4. The van der Waals surface area contributed by atoms with Crippen LogP contribution in [0.3, 0.4) is 0 Å². The van der Waals surface area contributed by atoms with Gasteiger partial charge in [-0.1, -0.05) is 26.0 Å². The van der Waals surface area contributed by atoms with E-state index in [1.165, 1.54) is 17.1 Å². The highest BCUT2D eigenvalue weighted by atomic mass is 35.5. The van der Waals surface area contributed by atoms with Crippen LogP contribution in [-0.4, -0.2) is 44.8 Å². The predicted octanol–water partition coefficient (Wildman–Crippen LogP) is 1.75. The van der Waals surface area contributed by atoms with Gasteiger partial charge in [0.1, 0.15) is 0 Å². The van der Waals surface area contributed by atoms with E-state index >= 15 is 0 Å². The largest absolute Gasteiger partial charge is 0.351 e. The van der Waals surface area contributed by atoms with Crippen molar-refractivity contribution in [3.05, 3.63) is 29.8 Å². The highest BCUT2D eigenvalue weighted by Gasteiger charge is 2.21. The van der Waals surface area contributed by atoms with Crippen LogP contribution in [0.25, 0.3) is 0 Å². The minimum absolute atomic E-state index is 0. The van der Waals surface area contributed by atoms with Crippen LogP contribution in [0.4, 0.5) is 0 Å². The Bertz CT molecular complexity index is 642. The smallest absolute Gasteiger partial charge is 0.243 e. The van der Waals surface area contributed by atoms with E-state index in [4.69, 9.17) is 0 Å². The minimum atomic E-state index is -3.43. The van der Waals surface area contributed by atoms with Gasteiger partial charge in [-0.3, -0.25) is 4.79 Å². The number of sulfonamides is 1. The van der Waals surface area contributed by atoms with Crippen molar-refractivity contribution in [2.45, 2.75) is 38.1 Å². The molecule has 1 amide bonds. The third-order valence-electron chi connectivity index (χ3n) is 4.17. The monoisotopic (exact) mass is 389 g/mol. The van der Waals surface area contributed by atoms with Crippen molar-refractivity contribution in [2.24, 2.45) is 5.92 Å². The van der Waals surface area contributed by atoms with Crippen molar-refractivity contribution in [1.82, 2.24) is 14.9 Å². The van der Waals surface area contributed by atoms with Crippen LogP contribution in [0.2, 0.25) is 0 Å². The maximum Gasteiger partial charge on any atom is 0.243 e. The van der Waals surface area contributed by atoms with Crippen molar-refractivity contribution in [2.75, 3.05) is 26.2 Å². The van der Waals surface area contributed by atoms with Crippen LogP contribution >= 0.6 is 12.4 Å². The Labute approximate surface area is 156 Å². The predicted molar refractivity (Wildman–Crippen MR) is 101 cm³/mol. The van der Waals surface area contributed by atoms with Gasteiger partial charge in [0.2, 0.25) is 15.9 Å². The molecule has 1 saturated carbocycles. The van der Waals surface area contributed by atoms with Crippen LogP contribution in [0, 0.1) is 5.92 Å². The second-order valence-electron chi connectivity index (χ2n) is 6.08. The van der Waals surface area contributed by atoms with E-state index in [1.54, 1.807) is 24.3 Å². The molecule has 6 nitrogen and oxygen atoms in total. The molecule has 8 heteroatoms. The number of amides is 1. The first-order valence-electron chi connectivity index (χ1n) is 8.53. The number of halogens is 1. The number of rotatable bonds is 10. The molecular formula is C17H28ClN3O3S. The molecule has 2 N–H and O–H groups in total. The summed E-state index contributed by atoms with van der Waals surface area (Å²) in [6.45, 7) is 6.17. The summed E-state index contributed by atoms with van der Waals surface area (Å²) in [5.74, 6) is 0.702. The Hall–Kier alpha value is -1.15. The molecule has 0 atom stereocenters. The fourth-order valence-corrected chi connectivity index (χ4v) is 3.92. The van der Waals surface area contributed by atoms with Gasteiger partial charge in [-0.2, -0.15) is 4.31 Å². The number of carbonyl (C=O) groups is 1. The summed E-state index contributed by atoms with van der Waals surface area (Å²) in [6.07, 6.45) is 2.52. The first-order chi connectivity index (χ1) is 11.5. The second-order valence-corrected chi connectivity index (χ2v) is 8.02. The lowest BCUT2D eigenvalue weighted by molar-refractivity contribution is -0.120. The normalized spacial score (nSPS) is 14.2. The van der Waals surface area contributed by atoms with Gasteiger partial charge in [-0.05, 0) is 43.0 Å². The maximum absolute atomic E-state index is 12.4. The molecule has 0 heterocycles. The zero-order valence-electron chi connectivity index (χ0n) is 14.8. The van der Waals surface area contributed by atoms with E-state index in [-0.39, 0.29) is 23.2 Å². The van der Waals surface area contributed by atoms with Crippen molar-refractivity contribution < 1.29 is 13.2 Å². The van der Waals surface area contributed by atoms with Crippen molar-refractivity contribution in [3.63, 3.8) is 0 Å². The average Bonchev–Trinajstić information content (AvgIpc) is 3.38. The topological polar surface area (TPSA) is 78.5 Å². The van der Waals surface area contributed by atoms with Crippen molar-refractivity contribution >= 4 is 28.3 Å². The molecule has 1 aromatic rings. The highest BCUT2D eigenvalue weighted by Crippen LogP contribution is 2.27. The van der Waals surface area contributed by atoms with Gasteiger partial charge in [-0.15, -0.1) is 12.4 Å². The average molecular weight is 390 g/mol. The van der Waals surface area contributed by atoms with E-state index in [0.717, 1.165) is 18.0 Å². The van der Waals surface area contributed by atoms with Crippen molar-refractivity contribution in [3.8, 4) is 0 Å². The van der Waals surface area contributed by atoms with Crippen LogP contribution in [0.1, 0.15) is 32.3 Å². The van der Waals surface area contributed by atoms with E-state index in [2.05, 4.69) is 10.6 Å². The Balaban J connectivity index is 0.00000312. The van der Waals surface area contributed by atoms with Gasteiger partial charge in [0.05, 0.1) is 11.4 Å². The number of benzene rings is 1. The van der Waals surface area contributed by atoms with E-state index in [1.807, 2.05) is 13.8 Å². The Morgan fingerprint density at radius 3 is 2.28 bits per heavy atom. The molecule has 1 aromatic carbocycles. The third kappa shape index (κ3) is 6.58. The minimum Gasteiger partial charge on any atom is -0.351 e. The van der Waals surface area contributed by atoms with E-state index in [9.17, 15) is 13.2 Å². The number of nitrogens with one attached hydrogen (secondary N) is 2. The first-order valence-corrected chi connectivity index (χ1v) is 9.97. The lowest BCUT2D eigenvalue weighted by Crippen LogP contribution is -2.34. The molecule has 0 aliphatic heterocycles.